The Hall–Kier alpha value is -1.35. The van der Waals surface area contributed by atoms with E-state index in [0.717, 1.165) is 25.5 Å². The normalized spacial score (nSPS) is 15.7. The van der Waals surface area contributed by atoms with Crippen molar-refractivity contribution in [2.45, 2.75) is 32.1 Å². The molecular weight excluding hydrogens is 455 g/mol. The Morgan fingerprint density at radius 3 is 2.41 bits per heavy atom. The zero-order chi connectivity index (χ0) is 18.7. The first-order valence-corrected chi connectivity index (χ1v) is 9.46. The fourth-order valence-corrected chi connectivity index (χ4v) is 3.50. The number of guanidine groups is 1. The highest BCUT2D eigenvalue weighted by Gasteiger charge is 2.33. The van der Waals surface area contributed by atoms with Gasteiger partial charge in [0.25, 0.3) is 5.91 Å². The van der Waals surface area contributed by atoms with Crippen molar-refractivity contribution in [1.82, 2.24) is 16.0 Å². The summed E-state index contributed by atoms with van der Waals surface area (Å²) in [6.45, 7) is 2.89. The average Bonchev–Trinajstić information content (AvgIpc) is 3.15. The fraction of sp³-hybridized carbons (Fsp3) is 0.600. The molecule has 1 fully saturated rings. The third kappa shape index (κ3) is 8.04. The minimum absolute atomic E-state index is 0. The lowest BCUT2D eigenvalue weighted by molar-refractivity contribution is 0.0954. The highest BCUT2D eigenvalue weighted by Crippen LogP contribution is 2.40. The monoisotopic (exact) mass is 488 g/mol. The molecule has 1 aromatic carbocycles. The highest BCUT2D eigenvalue weighted by atomic mass is 127. The Morgan fingerprint density at radius 2 is 1.78 bits per heavy atom. The third-order valence-corrected chi connectivity index (χ3v) is 5.09. The number of nitrogens with one attached hydrogen (secondary N) is 3. The first-order chi connectivity index (χ1) is 12.7. The lowest BCUT2D eigenvalue weighted by atomic mass is 9.83. The SMILES string of the molecule is CN=C(NCCNC(=O)c1ccccc1)NCC1(CCOC)CCCC1.I. The van der Waals surface area contributed by atoms with Crippen molar-refractivity contribution in [2.75, 3.05) is 40.4 Å². The molecule has 1 saturated carbocycles. The van der Waals surface area contributed by atoms with Crippen molar-refractivity contribution < 1.29 is 9.53 Å². The van der Waals surface area contributed by atoms with E-state index in [1.165, 1.54) is 25.7 Å². The summed E-state index contributed by atoms with van der Waals surface area (Å²) < 4.78 is 5.29. The molecule has 0 heterocycles. The van der Waals surface area contributed by atoms with Gasteiger partial charge in [0.05, 0.1) is 0 Å². The van der Waals surface area contributed by atoms with E-state index in [4.69, 9.17) is 4.74 Å². The summed E-state index contributed by atoms with van der Waals surface area (Å²) in [6, 6.07) is 9.25. The summed E-state index contributed by atoms with van der Waals surface area (Å²) in [5.41, 5.74) is 0.992. The summed E-state index contributed by atoms with van der Waals surface area (Å²) in [7, 11) is 3.54. The largest absolute Gasteiger partial charge is 0.385 e. The molecule has 2 rings (SSSR count). The maximum Gasteiger partial charge on any atom is 0.251 e. The number of nitrogens with zero attached hydrogens (tertiary/aromatic N) is 1. The molecule has 27 heavy (non-hydrogen) atoms. The lowest BCUT2D eigenvalue weighted by Gasteiger charge is -2.30. The molecule has 3 N–H and O–H groups in total. The first-order valence-electron chi connectivity index (χ1n) is 9.46. The van der Waals surface area contributed by atoms with Crippen LogP contribution >= 0.6 is 24.0 Å². The van der Waals surface area contributed by atoms with Gasteiger partial charge in [0, 0.05) is 46.0 Å². The van der Waals surface area contributed by atoms with Crippen LogP contribution in [0.2, 0.25) is 0 Å². The minimum atomic E-state index is -0.0557. The van der Waals surface area contributed by atoms with E-state index in [0.29, 0.717) is 24.1 Å². The van der Waals surface area contributed by atoms with Crippen molar-refractivity contribution in [3.63, 3.8) is 0 Å². The van der Waals surface area contributed by atoms with Gasteiger partial charge in [-0.05, 0) is 36.8 Å². The van der Waals surface area contributed by atoms with Crippen LogP contribution < -0.4 is 16.0 Å². The van der Waals surface area contributed by atoms with Crippen molar-refractivity contribution >= 4 is 35.8 Å². The van der Waals surface area contributed by atoms with Gasteiger partial charge in [-0.1, -0.05) is 31.0 Å². The molecular formula is C20H33IN4O2. The van der Waals surface area contributed by atoms with Crippen LogP contribution in [0.5, 0.6) is 0 Å². The molecule has 0 spiro atoms. The van der Waals surface area contributed by atoms with Crippen LogP contribution in [0.4, 0.5) is 0 Å². The second kappa shape index (κ2) is 12.9. The standard InChI is InChI=1S/C20H32N4O2.HI/c1-21-19(24-16-20(12-15-26-2)10-6-7-11-20)23-14-13-22-18(25)17-8-4-3-5-9-17;/h3-5,8-9H,6-7,10-16H2,1-2H3,(H,22,25)(H2,21,23,24);1H. The summed E-state index contributed by atoms with van der Waals surface area (Å²) in [5.74, 6) is 0.725. The molecule has 1 aromatic rings. The van der Waals surface area contributed by atoms with Gasteiger partial charge in [0.2, 0.25) is 0 Å². The number of methoxy groups -OCH3 is 1. The predicted molar refractivity (Wildman–Crippen MR) is 121 cm³/mol. The Labute approximate surface area is 179 Å². The zero-order valence-electron chi connectivity index (χ0n) is 16.4. The van der Waals surface area contributed by atoms with Gasteiger partial charge in [-0.3, -0.25) is 9.79 Å². The van der Waals surface area contributed by atoms with E-state index in [-0.39, 0.29) is 29.9 Å². The molecule has 0 aliphatic heterocycles. The summed E-state index contributed by atoms with van der Waals surface area (Å²) in [4.78, 5) is 16.3. The van der Waals surface area contributed by atoms with Gasteiger partial charge in [0.15, 0.2) is 5.96 Å². The van der Waals surface area contributed by atoms with E-state index in [2.05, 4.69) is 20.9 Å². The maximum absolute atomic E-state index is 12.0. The molecule has 7 heteroatoms. The number of halogens is 1. The van der Waals surface area contributed by atoms with E-state index in [9.17, 15) is 4.79 Å². The van der Waals surface area contributed by atoms with Crippen LogP contribution in [0.1, 0.15) is 42.5 Å². The number of carbonyl (C=O) groups excluding carboxylic acids is 1. The van der Waals surface area contributed by atoms with Gasteiger partial charge in [-0.2, -0.15) is 0 Å². The zero-order valence-corrected chi connectivity index (χ0v) is 18.8. The quantitative estimate of drug-likeness (QED) is 0.216. The number of amides is 1. The second-order valence-corrected chi connectivity index (χ2v) is 6.92. The van der Waals surface area contributed by atoms with Crippen molar-refractivity contribution in [3.8, 4) is 0 Å². The van der Waals surface area contributed by atoms with Crippen LogP contribution in [0.3, 0.4) is 0 Å². The summed E-state index contributed by atoms with van der Waals surface area (Å²) in [5, 5.41) is 9.63. The molecule has 0 bridgehead atoms. The second-order valence-electron chi connectivity index (χ2n) is 6.92. The summed E-state index contributed by atoms with van der Waals surface area (Å²) >= 11 is 0. The molecule has 6 nitrogen and oxygen atoms in total. The number of rotatable bonds is 9. The number of hydrogen-bond donors (Lipinski definition) is 3. The van der Waals surface area contributed by atoms with Gasteiger partial charge < -0.3 is 20.7 Å². The number of benzene rings is 1. The Balaban J connectivity index is 0.00000364. The van der Waals surface area contributed by atoms with Crippen LogP contribution in [0.25, 0.3) is 0 Å². The smallest absolute Gasteiger partial charge is 0.251 e. The van der Waals surface area contributed by atoms with Crippen LogP contribution in [0.15, 0.2) is 35.3 Å². The summed E-state index contributed by atoms with van der Waals surface area (Å²) in [6.07, 6.45) is 6.16. The van der Waals surface area contributed by atoms with Gasteiger partial charge in [-0.15, -0.1) is 24.0 Å². The number of ether oxygens (including phenoxy) is 1. The van der Waals surface area contributed by atoms with E-state index in [1.54, 1.807) is 14.2 Å². The molecule has 0 radical (unpaired) electrons. The van der Waals surface area contributed by atoms with E-state index >= 15 is 0 Å². The Bertz CT molecular complexity index is 575. The minimum Gasteiger partial charge on any atom is -0.385 e. The molecule has 0 saturated heterocycles. The van der Waals surface area contributed by atoms with Crippen LogP contribution in [0, 0.1) is 5.41 Å². The van der Waals surface area contributed by atoms with E-state index in [1.807, 2.05) is 30.3 Å². The molecule has 1 aliphatic carbocycles. The number of hydrogen-bond acceptors (Lipinski definition) is 3. The topological polar surface area (TPSA) is 74.8 Å². The Kier molecular flexibility index (Phi) is 11.3. The fourth-order valence-electron chi connectivity index (χ4n) is 3.50. The molecule has 0 atom stereocenters. The molecule has 0 unspecified atom stereocenters. The van der Waals surface area contributed by atoms with E-state index < -0.39 is 0 Å². The predicted octanol–water partition coefficient (Wildman–Crippen LogP) is 2.80. The Morgan fingerprint density at radius 1 is 1.11 bits per heavy atom. The molecule has 152 valence electrons. The molecule has 1 aliphatic rings. The third-order valence-electron chi connectivity index (χ3n) is 5.09. The van der Waals surface area contributed by atoms with Gasteiger partial charge in [-0.25, -0.2) is 0 Å². The van der Waals surface area contributed by atoms with Crippen molar-refractivity contribution in [3.05, 3.63) is 35.9 Å². The van der Waals surface area contributed by atoms with Crippen molar-refractivity contribution in [2.24, 2.45) is 10.4 Å². The highest BCUT2D eigenvalue weighted by molar-refractivity contribution is 14.0. The average molecular weight is 488 g/mol. The maximum atomic E-state index is 12.0. The number of aliphatic imine (C=N–C) groups is 1. The van der Waals surface area contributed by atoms with Crippen LogP contribution in [-0.4, -0.2) is 52.3 Å². The van der Waals surface area contributed by atoms with Crippen LogP contribution in [-0.2, 0) is 4.74 Å². The first kappa shape index (κ1) is 23.7. The van der Waals surface area contributed by atoms with Crippen molar-refractivity contribution in [1.29, 1.82) is 0 Å². The lowest BCUT2D eigenvalue weighted by Crippen LogP contribution is -2.45. The molecule has 1 amide bonds. The van der Waals surface area contributed by atoms with Gasteiger partial charge >= 0.3 is 0 Å². The number of carbonyl (C=O) groups is 1. The molecule has 0 aromatic heterocycles. The van der Waals surface area contributed by atoms with Gasteiger partial charge in [0.1, 0.15) is 0 Å².